The molecule has 7 heteroatoms. The minimum absolute atomic E-state index is 0.125. The highest BCUT2D eigenvalue weighted by molar-refractivity contribution is 5.90. The molecule has 0 radical (unpaired) electrons. The van der Waals surface area contributed by atoms with Crippen LogP contribution in [0.2, 0.25) is 0 Å². The van der Waals surface area contributed by atoms with E-state index < -0.39 is 5.97 Å². The predicted molar refractivity (Wildman–Crippen MR) is 151 cm³/mol. The summed E-state index contributed by atoms with van der Waals surface area (Å²) in [6.07, 6.45) is 5.72. The van der Waals surface area contributed by atoms with E-state index >= 15 is 0 Å². The van der Waals surface area contributed by atoms with Gasteiger partial charge in [0.1, 0.15) is 0 Å². The predicted octanol–water partition coefficient (Wildman–Crippen LogP) is 5.37. The molecule has 2 atom stereocenters. The standard InChI is InChI=1S/C31H34N4O3/c1-21-13-14-24(31(37)38-3)19-27(21)35-18-15-32-29(30(35)36)33-28(22(2)20-34-16-6-7-17-34)26-12-8-10-23-9-4-5-11-25(23)26/h4-5,8-15,18-19,22,28H,6-7,16-17,20H2,1-3H3,(H,32,33)/t22-,28+/m0/s1. The molecule has 4 aromatic rings. The Morgan fingerprint density at radius 3 is 2.63 bits per heavy atom. The molecule has 0 saturated carbocycles. The summed E-state index contributed by atoms with van der Waals surface area (Å²) in [5.74, 6) is 0.0539. The van der Waals surface area contributed by atoms with Crippen LogP contribution in [-0.4, -0.2) is 47.2 Å². The Labute approximate surface area is 223 Å². The molecule has 1 saturated heterocycles. The summed E-state index contributed by atoms with van der Waals surface area (Å²) in [4.78, 5) is 32.9. The lowest BCUT2D eigenvalue weighted by Gasteiger charge is -2.30. The zero-order valence-corrected chi connectivity index (χ0v) is 22.2. The second-order valence-corrected chi connectivity index (χ2v) is 10.1. The molecule has 1 aliphatic heterocycles. The van der Waals surface area contributed by atoms with Gasteiger partial charge < -0.3 is 15.0 Å². The normalized spacial score (nSPS) is 15.3. The number of esters is 1. The monoisotopic (exact) mass is 510 g/mol. The molecule has 1 N–H and O–H groups in total. The van der Waals surface area contributed by atoms with Crippen molar-refractivity contribution in [2.75, 3.05) is 32.1 Å². The second kappa shape index (κ2) is 11.2. The Morgan fingerprint density at radius 2 is 1.84 bits per heavy atom. The number of aromatic nitrogens is 2. The maximum absolute atomic E-state index is 13.8. The largest absolute Gasteiger partial charge is 0.465 e. The quantitative estimate of drug-likeness (QED) is 0.322. The summed E-state index contributed by atoms with van der Waals surface area (Å²) < 4.78 is 6.43. The second-order valence-electron chi connectivity index (χ2n) is 10.1. The number of ether oxygens (including phenoxy) is 1. The van der Waals surface area contributed by atoms with Gasteiger partial charge in [-0.3, -0.25) is 9.36 Å². The molecule has 5 rings (SSSR count). The van der Waals surface area contributed by atoms with E-state index in [-0.39, 0.29) is 23.3 Å². The van der Waals surface area contributed by atoms with Gasteiger partial charge in [-0.25, -0.2) is 9.78 Å². The first-order valence-electron chi connectivity index (χ1n) is 13.2. The van der Waals surface area contributed by atoms with E-state index in [2.05, 4.69) is 58.5 Å². The molecular formula is C31H34N4O3. The number of hydrogen-bond acceptors (Lipinski definition) is 6. The molecule has 2 heterocycles. The zero-order valence-electron chi connectivity index (χ0n) is 22.2. The lowest BCUT2D eigenvalue weighted by atomic mass is 9.90. The summed E-state index contributed by atoms with van der Waals surface area (Å²) in [7, 11) is 1.35. The van der Waals surface area contributed by atoms with Crippen molar-refractivity contribution >= 4 is 22.6 Å². The molecule has 0 spiro atoms. The van der Waals surface area contributed by atoms with E-state index in [4.69, 9.17) is 4.74 Å². The molecule has 0 amide bonds. The molecule has 196 valence electrons. The van der Waals surface area contributed by atoms with Gasteiger partial charge in [-0.15, -0.1) is 0 Å². The fraction of sp³-hybridized carbons (Fsp3) is 0.323. The minimum Gasteiger partial charge on any atom is -0.465 e. The fourth-order valence-corrected chi connectivity index (χ4v) is 5.49. The third-order valence-electron chi connectivity index (χ3n) is 7.50. The molecule has 1 aliphatic rings. The summed E-state index contributed by atoms with van der Waals surface area (Å²) in [6, 6.07) is 19.8. The number of benzene rings is 3. The van der Waals surface area contributed by atoms with Crippen molar-refractivity contribution in [3.8, 4) is 5.69 Å². The molecular weight excluding hydrogens is 476 g/mol. The van der Waals surface area contributed by atoms with Crippen LogP contribution in [0.3, 0.4) is 0 Å². The van der Waals surface area contributed by atoms with Crippen LogP contribution in [-0.2, 0) is 4.74 Å². The first kappa shape index (κ1) is 25.7. The Kier molecular flexibility index (Phi) is 7.56. The zero-order chi connectivity index (χ0) is 26.6. The van der Waals surface area contributed by atoms with Crippen LogP contribution in [0.15, 0.2) is 77.9 Å². The maximum atomic E-state index is 13.8. The third kappa shape index (κ3) is 5.20. The highest BCUT2D eigenvalue weighted by Gasteiger charge is 2.26. The molecule has 0 aliphatic carbocycles. The summed E-state index contributed by atoms with van der Waals surface area (Å²) in [5.41, 5.74) is 2.76. The smallest absolute Gasteiger partial charge is 0.337 e. The number of nitrogens with zero attached hydrogens (tertiary/aromatic N) is 3. The first-order chi connectivity index (χ1) is 18.5. The fourth-order valence-electron chi connectivity index (χ4n) is 5.49. The van der Waals surface area contributed by atoms with Gasteiger partial charge >= 0.3 is 5.97 Å². The van der Waals surface area contributed by atoms with Gasteiger partial charge in [-0.2, -0.15) is 0 Å². The Morgan fingerprint density at radius 1 is 1.08 bits per heavy atom. The number of hydrogen-bond donors (Lipinski definition) is 1. The molecule has 7 nitrogen and oxygen atoms in total. The third-order valence-corrected chi connectivity index (χ3v) is 7.50. The van der Waals surface area contributed by atoms with Crippen LogP contribution in [0.4, 0.5) is 5.82 Å². The Hall–Kier alpha value is -3.97. The highest BCUT2D eigenvalue weighted by Crippen LogP contribution is 2.32. The number of carbonyl (C=O) groups excluding carboxylic acids is 1. The lowest BCUT2D eigenvalue weighted by Crippen LogP contribution is -2.33. The number of methoxy groups -OCH3 is 1. The van der Waals surface area contributed by atoms with Gasteiger partial charge in [-0.1, -0.05) is 55.5 Å². The summed E-state index contributed by atoms with van der Waals surface area (Å²) in [5, 5.41) is 5.88. The Balaban J connectivity index is 1.56. The van der Waals surface area contributed by atoms with Crippen molar-refractivity contribution in [1.82, 2.24) is 14.5 Å². The van der Waals surface area contributed by atoms with Gasteiger partial charge in [0.25, 0.3) is 5.56 Å². The van der Waals surface area contributed by atoms with Crippen LogP contribution in [0, 0.1) is 12.8 Å². The van der Waals surface area contributed by atoms with Crippen molar-refractivity contribution in [2.24, 2.45) is 5.92 Å². The van der Waals surface area contributed by atoms with Crippen molar-refractivity contribution in [3.63, 3.8) is 0 Å². The molecule has 0 bridgehead atoms. The van der Waals surface area contributed by atoms with Crippen LogP contribution >= 0.6 is 0 Å². The van der Waals surface area contributed by atoms with E-state index in [1.54, 1.807) is 29.1 Å². The van der Waals surface area contributed by atoms with Gasteiger partial charge in [0.2, 0.25) is 0 Å². The highest BCUT2D eigenvalue weighted by atomic mass is 16.5. The molecule has 1 aromatic heterocycles. The van der Waals surface area contributed by atoms with E-state index in [1.807, 2.05) is 19.1 Å². The van der Waals surface area contributed by atoms with Gasteiger partial charge in [0, 0.05) is 18.9 Å². The summed E-state index contributed by atoms with van der Waals surface area (Å²) in [6.45, 7) is 7.30. The maximum Gasteiger partial charge on any atom is 0.337 e. The topological polar surface area (TPSA) is 76.5 Å². The van der Waals surface area contributed by atoms with Crippen LogP contribution in [0.5, 0.6) is 0 Å². The first-order valence-corrected chi connectivity index (χ1v) is 13.2. The molecule has 3 aromatic carbocycles. The van der Waals surface area contributed by atoms with Crippen molar-refractivity contribution in [3.05, 3.63) is 100 Å². The molecule has 1 fully saturated rings. The van der Waals surface area contributed by atoms with Gasteiger partial charge in [0.05, 0.1) is 24.4 Å². The van der Waals surface area contributed by atoms with Gasteiger partial charge in [0.15, 0.2) is 5.82 Å². The number of anilines is 1. The summed E-state index contributed by atoms with van der Waals surface area (Å²) >= 11 is 0. The van der Waals surface area contributed by atoms with Crippen LogP contribution < -0.4 is 10.9 Å². The van der Waals surface area contributed by atoms with E-state index in [0.29, 0.717) is 11.3 Å². The number of carbonyl (C=O) groups is 1. The molecule has 38 heavy (non-hydrogen) atoms. The van der Waals surface area contributed by atoms with E-state index in [1.165, 1.54) is 30.7 Å². The van der Waals surface area contributed by atoms with Crippen molar-refractivity contribution in [1.29, 1.82) is 0 Å². The van der Waals surface area contributed by atoms with Crippen LogP contribution in [0.25, 0.3) is 16.5 Å². The van der Waals surface area contributed by atoms with E-state index in [9.17, 15) is 9.59 Å². The molecule has 0 unspecified atom stereocenters. The number of likely N-dealkylation sites (tertiary alicyclic amines) is 1. The van der Waals surface area contributed by atoms with Crippen molar-refractivity contribution < 1.29 is 9.53 Å². The SMILES string of the molecule is COC(=O)c1ccc(C)c(-n2ccnc(N[C@@H](c3cccc4ccccc34)[C@@H](C)CN3CCCC3)c2=O)c1. The average Bonchev–Trinajstić information content (AvgIpc) is 3.45. The van der Waals surface area contributed by atoms with Crippen LogP contribution in [0.1, 0.15) is 47.3 Å². The number of aryl methyl sites for hydroxylation is 1. The average molecular weight is 511 g/mol. The number of fused-ring (bicyclic) bond motifs is 1. The Bertz CT molecular complexity index is 1500. The number of nitrogens with one attached hydrogen (secondary N) is 1. The lowest BCUT2D eigenvalue weighted by molar-refractivity contribution is 0.0600. The van der Waals surface area contributed by atoms with Gasteiger partial charge in [-0.05, 0) is 72.8 Å². The minimum atomic E-state index is -0.446. The number of rotatable bonds is 8. The van der Waals surface area contributed by atoms with Crippen molar-refractivity contribution in [2.45, 2.75) is 32.7 Å². The van der Waals surface area contributed by atoms with E-state index in [0.717, 1.165) is 30.8 Å².